The third-order valence-corrected chi connectivity index (χ3v) is 4.03. The van der Waals surface area contributed by atoms with Crippen LogP contribution in [0.4, 0.5) is 23.0 Å². The Labute approximate surface area is 158 Å². The largest absolute Gasteiger partial charge is 0.379 e. The monoisotopic (exact) mass is 371 g/mol. The molecule has 144 valence electrons. The van der Waals surface area contributed by atoms with Crippen LogP contribution in [0.2, 0.25) is 0 Å². The first-order valence-corrected chi connectivity index (χ1v) is 8.96. The summed E-state index contributed by atoms with van der Waals surface area (Å²) in [5.41, 5.74) is 0.574. The average molecular weight is 371 g/mol. The van der Waals surface area contributed by atoms with Crippen LogP contribution < -0.4 is 10.3 Å². The molecule has 1 N–H and O–H groups in total. The van der Waals surface area contributed by atoms with E-state index in [1.165, 1.54) is 6.07 Å². The molecule has 8 nitrogen and oxygen atoms in total. The number of hydrogen-bond acceptors (Lipinski definition) is 7. The van der Waals surface area contributed by atoms with E-state index in [-0.39, 0.29) is 16.1 Å². The first-order valence-electron chi connectivity index (χ1n) is 8.96. The number of aromatic nitrogens is 1. The molecule has 1 aliphatic heterocycles. The maximum absolute atomic E-state index is 11.7. The summed E-state index contributed by atoms with van der Waals surface area (Å²) in [5.74, 6) is 0.889. The number of rotatable bonds is 5. The number of benzene rings is 1. The van der Waals surface area contributed by atoms with Gasteiger partial charge in [-0.2, -0.15) is 0 Å². The van der Waals surface area contributed by atoms with Crippen LogP contribution in [0.1, 0.15) is 20.8 Å². The summed E-state index contributed by atoms with van der Waals surface area (Å²) in [6.07, 6.45) is 0. The van der Waals surface area contributed by atoms with E-state index in [4.69, 9.17) is 4.74 Å². The molecule has 1 fully saturated rings. The van der Waals surface area contributed by atoms with Crippen molar-refractivity contribution in [3.8, 4) is 0 Å². The SMILES string of the molecule is CC(C)(C)Nc1ccc([N+](=O)[O-])c(N(c2ccccc2)N2CCOCC2)n1. The van der Waals surface area contributed by atoms with Crippen molar-refractivity contribution in [3.63, 3.8) is 0 Å². The Kier molecular flexibility index (Phi) is 5.57. The minimum atomic E-state index is -0.389. The second-order valence-electron chi connectivity index (χ2n) is 7.38. The molecule has 0 bridgehead atoms. The second-order valence-corrected chi connectivity index (χ2v) is 7.38. The highest BCUT2D eigenvalue weighted by Gasteiger charge is 2.29. The minimum Gasteiger partial charge on any atom is -0.379 e. The van der Waals surface area contributed by atoms with Crippen LogP contribution in [0.15, 0.2) is 42.5 Å². The van der Waals surface area contributed by atoms with Gasteiger partial charge in [0.05, 0.1) is 23.8 Å². The summed E-state index contributed by atoms with van der Waals surface area (Å²) in [6, 6.07) is 12.7. The van der Waals surface area contributed by atoms with E-state index in [1.807, 2.05) is 61.1 Å². The summed E-state index contributed by atoms with van der Waals surface area (Å²) >= 11 is 0. The van der Waals surface area contributed by atoms with Crippen LogP contribution in [0.25, 0.3) is 0 Å². The Morgan fingerprint density at radius 3 is 2.41 bits per heavy atom. The smallest absolute Gasteiger partial charge is 0.313 e. The van der Waals surface area contributed by atoms with Crippen LogP contribution in [-0.4, -0.2) is 46.8 Å². The number of pyridine rings is 1. The molecule has 0 saturated carbocycles. The van der Waals surface area contributed by atoms with E-state index < -0.39 is 0 Å². The highest BCUT2D eigenvalue weighted by molar-refractivity contribution is 5.69. The molecule has 0 unspecified atom stereocenters. The average Bonchev–Trinajstić information content (AvgIpc) is 2.62. The summed E-state index contributed by atoms with van der Waals surface area (Å²) in [4.78, 5) is 15.9. The molecule has 2 aromatic rings. The zero-order valence-electron chi connectivity index (χ0n) is 15.9. The lowest BCUT2D eigenvalue weighted by atomic mass is 10.1. The van der Waals surface area contributed by atoms with Gasteiger partial charge in [0.1, 0.15) is 5.82 Å². The zero-order chi connectivity index (χ0) is 19.4. The molecule has 1 aliphatic rings. The van der Waals surface area contributed by atoms with Crippen LogP contribution >= 0.6 is 0 Å². The number of nitro groups is 1. The molecule has 0 radical (unpaired) electrons. The molecule has 0 spiro atoms. The standard InChI is InChI=1S/C19H25N5O3/c1-19(2,3)21-17-10-9-16(24(25)26)18(20-17)23(15-7-5-4-6-8-15)22-11-13-27-14-12-22/h4-10H,11-14H2,1-3H3,(H,20,21). The normalized spacial score (nSPS) is 15.4. The van der Waals surface area contributed by atoms with Crippen molar-refractivity contribution in [1.29, 1.82) is 0 Å². The third-order valence-electron chi connectivity index (χ3n) is 4.03. The van der Waals surface area contributed by atoms with E-state index in [0.29, 0.717) is 37.9 Å². The number of hydrazine groups is 1. The number of ether oxygens (including phenoxy) is 1. The van der Waals surface area contributed by atoms with Crippen molar-refractivity contribution in [2.45, 2.75) is 26.3 Å². The quantitative estimate of drug-likeness (QED) is 0.635. The maximum atomic E-state index is 11.7. The third kappa shape index (κ3) is 4.72. The van der Waals surface area contributed by atoms with E-state index >= 15 is 0 Å². The number of para-hydroxylation sites is 1. The summed E-state index contributed by atoms with van der Waals surface area (Å²) in [6.45, 7) is 8.45. The summed E-state index contributed by atoms with van der Waals surface area (Å²) < 4.78 is 5.45. The van der Waals surface area contributed by atoms with E-state index in [1.54, 1.807) is 6.07 Å². The van der Waals surface area contributed by atoms with Gasteiger partial charge < -0.3 is 10.1 Å². The predicted octanol–water partition coefficient (Wildman–Crippen LogP) is 3.59. The van der Waals surface area contributed by atoms with Crippen molar-refractivity contribution in [1.82, 2.24) is 9.99 Å². The van der Waals surface area contributed by atoms with Gasteiger partial charge in [-0.1, -0.05) is 18.2 Å². The van der Waals surface area contributed by atoms with Crippen molar-refractivity contribution in [2.75, 3.05) is 36.6 Å². The molecule has 3 rings (SSSR count). The fourth-order valence-corrected chi connectivity index (χ4v) is 2.94. The Morgan fingerprint density at radius 1 is 1.15 bits per heavy atom. The van der Waals surface area contributed by atoms with Crippen LogP contribution in [-0.2, 0) is 4.74 Å². The number of morpholine rings is 1. The minimum absolute atomic E-state index is 0.0372. The Bertz CT molecular complexity index is 786. The Morgan fingerprint density at radius 2 is 1.81 bits per heavy atom. The van der Waals surface area contributed by atoms with Crippen molar-refractivity contribution < 1.29 is 9.66 Å². The van der Waals surface area contributed by atoms with Crippen LogP contribution in [0, 0.1) is 10.1 Å². The molecule has 0 aliphatic carbocycles. The van der Waals surface area contributed by atoms with Gasteiger partial charge in [-0.15, -0.1) is 0 Å². The van der Waals surface area contributed by atoms with Gasteiger partial charge in [0.15, 0.2) is 0 Å². The molecular formula is C19H25N5O3. The first-order chi connectivity index (χ1) is 12.8. The first kappa shape index (κ1) is 19.1. The van der Waals surface area contributed by atoms with E-state index in [9.17, 15) is 10.1 Å². The molecule has 1 aromatic carbocycles. The lowest BCUT2D eigenvalue weighted by Gasteiger charge is -2.37. The number of hydrogen-bond donors (Lipinski definition) is 1. The molecule has 27 heavy (non-hydrogen) atoms. The van der Waals surface area contributed by atoms with Gasteiger partial charge in [0.25, 0.3) is 0 Å². The van der Waals surface area contributed by atoms with E-state index in [0.717, 1.165) is 5.69 Å². The molecule has 2 heterocycles. The lowest BCUT2D eigenvalue weighted by molar-refractivity contribution is -0.384. The molecule has 1 aromatic heterocycles. The lowest BCUT2D eigenvalue weighted by Crippen LogP contribution is -2.47. The van der Waals surface area contributed by atoms with Crippen molar-refractivity contribution >= 4 is 23.0 Å². The fourth-order valence-electron chi connectivity index (χ4n) is 2.94. The molecule has 0 atom stereocenters. The van der Waals surface area contributed by atoms with Gasteiger partial charge in [0.2, 0.25) is 5.82 Å². The van der Waals surface area contributed by atoms with Gasteiger partial charge in [-0.25, -0.2) is 9.99 Å². The van der Waals surface area contributed by atoms with Gasteiger partial charge >= 0.3 is 5.69 Å². The summed E-state index contributed by atoms with van der Waals surface area (Å²) in [7, 11) is 0. The topological polar surface area (TPSA) is 83.8 Å². The maximum Gasteiger partial charge on any atom is 0.313 e. The number of nitrogens with zero attached hydrogens (tertiary/aromatic N) is 4. The Balaban J connectivity index is 2.11. The fraction of sp³-hybridized carbons (Fsp3) is 0.421. The highest BCUT2D eigenvalue weighted by Crippen LogP contribution is 2.35. The highest BCUT2D eigenvalue weighted by atomic mass is 16.6. The number of nitrogens with one attached hydrogen (secondary N) is 1. The molecule has 0 amide bonds. The van der Waals surface area contributed by atoms with Crippen LogP contribution in [0.3, 0.4) is 0 Å². The van der Waals surface area contributed by atoms with Gasteiger partial charge in [-0.05, 0) is 39.0 Å². The second kappa shape index (κ2) is 7.89. The molecule has 1 saturated heterocycles. The summed E-state index contributed by atoms with van der Waals surface area (Å²) in [5, 5.41) is 18.9. The van der Waals surface area contributed by atoms with E-state index in [2.05, 4.69) is 10.3 Å². The zero-order valence-corrected chi connectivity index (χ0v) is 15.9. The number of anilines is 3. The Hall–Kier alpha value is -2.71. The van der Waals surface area contributed by atoms with Crippen LogP contribution in [0.5, 0.6) is 0 Å². The van der Waals surface area contributed by atoms with Gasteiger partial charge in [-0.3, -0.25) is 15.1 Å². The predicted molar refractivity (Wildman–Crippen MR) is 105 cm³/mol. The van der Waals surface area contributed by atoms with Crippen molar-refractivity contribution in [2.24, 2.45) is 0 Å². The van der Waals surface area contributed by atoms with Gasteiger partial charge in [0, 0.05) is 24.7 Å². The van der Waals surface area contributed by atoms with Crippen molar-refractivity contribution in [3.05, 3.63) is 52.6 Å². The molecule has 8 heteroatoms. The molecular weight excluding hydrogens is 346 g/mol.